The number of hydrogen-bond donors (Lipinski definition) is 3. The fourth-order valence-corrected chi connectivity index (χ4v) is 0.387. The van der Waals surface area contributed by atoms with Gasteiger partial charge in [0, 0.05) is 13.1 Å². The van der Waals surface area contributed by atoms with Gasteiger partial charge in [0.1, 0.15) is 6.34 Å². The first-order chi connectivity index (χ1) is 4.85. The van der Waals surface area contributed by atoms with E-state index in [2.05, 4.69) is 22.0 Å². The van der Waals surface area contributed by atoms with E-state index in [4.69, 9.17) is 11.1 Å². The number of nitrogens with two attached hydrogens (primary N) is 1. The lowest BCUT2D eigenvalue weighted by atomic mass is 10.6. The van der Waals surface area contributed by atoms with Crippen molar-refractivity contribution in [3.8, 4) is 0 Å². The van der Waals surface area contributed by atoms with E-state index in [1.807, 2.05) is 0 Å². The Kier molecular flexibility index (Phi) is 5.17. The van der Waals surface area contributed by atoms with Gasteiger partial charge in [-0.15, -0.1) is 0 Å². The topological polar surface area (TPSA) is 86.6 Å². The predicted molar refractivity (Wildman–Crippen MR) is 42.8 cm³/mol. The smallest absolute Gasteiger partial charge is 0.223 e. The Bertz CT molecular complexity index is 139. The summed E-state index contributed by atoms with van der Waals surface area (Å²) in [6, 6.07) is 0. The molecule has 0 aromatic rings. The second-order valence-electron chi connectivity index (χ2n) is 1.46. The third kappa shape index (κ3) is 3.73. The lowest BCUT2D eigenvalue weighted by Gasteiger charge is -1.99. The Morgan fingerprint density at radius 1 is 1.80 bits per heavy atom. The molecule has 0 unspecified atom stereocenters. The number of rotatable bonds is 3. The van der Waals surface area contributed by atoms with Crippen LogP contribution in [-0.4, -0.2) is 32.1 Å². The molecule has 4 N–H and O–H groups in total. The monoisotopic (exact) mass is 141 g/mol. The highest BCUT2D eigenvalue weighted by atomic mass is 15.1. The molecule has 0 aliphatic rings. The summed E-state index contributed by atoms with van der Waals surface area (Å²) in [7, 11) is 0. The minimum absolute atomic E-state index is 0.334. The zero-order valence-electron chi connectivity index (χ0n) is 5.67. The Morgan fingerprint density at radius 3 is 2.90 bits per heavy atom. The van der Waals surface area contributed by atoms with Crippen molar-refractivity contribution in [2.45, 2.75) is 0 Å². The first kappa shape index (κ1) is 8.77. The fourth-order valence-electron chi connectivity index (χ4n) is 0.387. The highest BCUT2D eigenvalue weighted by molar-refractivity contribution is 5.89. The molecular formula is C5H11N5. The van der Waals surface area contributed by atoms with Crippen LogP contribution in [0.1, 0.15) is 0 Å². The molecule has 56 valence electrons. The summed E-state index contributed by atoms with van der Waals surface area (Å²) in [5.74, 6) is 0.334. The second-order valence-corrected chi connectivity index (χ2v) is 1.46. The van der Waals surface area contributed by atoms with Gasteiger partial charge in [0.2, 0.25) is 5.96 Å². The SMILES string of the molecule is C=N/C(=N\C=N)NCCN. The average Bonchev–Trinajstić information content (AvgIpc) is 1.98. The summed E-state index contributed by atoms with van der Waals surface area (Å²) >= 11 is 0. The van der Waals surface area contributed by atoms with Crippen molar-refractivity contribution in [2.24, 2.45) is 15.7 Å². The van der Waals surface area contributed by atoms with Gasteiger partial charge in [0.15, 0.2) is 0 Å². The lowest BCUT2D eigenvalue weighted by molar-refractivity contribution is 0.870. The van der Waals surface area contributed by atoms with Crippen molar-refractivity contribution in [3.63, 3.8) is 0 Å². The van der Waals surface area contributed by atoms with E-state index in [1.165, 1.54) is 0 Å². The average molecular weight is 141 g/mol. The summed E-state index contributed by atoms with van der Waals surface area (Å²) in [5.41, 5.74) is 5.19. The van der Waals surface area contributed by atoms with Crippen molar-refractivity contribution in [1.82, 2.24) is 5.32 Å². The molecule has 0 radical (unpaired) electrons. The van der Waals surface area contributed by atoms with Gasteiger partial charge in [-0.05, 0) is 6.72 Å². The first-order valence-electron chi connectivity index (χ1n) is 2.82. The van der Waals surface area contributed by atoms with Crippen LogP contribution >= 0.6 is 0 Å². The van der Waals surface area contributed by atoms with E-state index in [9.17, 15) is 0 Å². The van der Waals surface area contributed by atoms with Crippen LogP contribution < -0.4 is 11.1 Å². The predicted octanol–water partition coefficient (Wildman–Crippen LogP) is -0.802. The third-order valence-corrected chi connectivity index (χ3v) is 0.764. The molecule has 0 aliphatic heterocycles. The highest BCUT2D eigenvalue weighted by Crippen LogP contribution is 1.70. The molecule has 0 heterocycles. The largest absolute Gasteiger partial charge is 0.353 e. The van der Waals surface area contributed by atoms with Gasteiger partial charge in [-0.1, -0.05) is 0 Å². The molecule has 0 aliphatic carbocycles. The zero-order valence-corrected chi connectivity index (χ0v) is 5.67. The Morgan fingerprint density at radius 2 is 2.50 bits per heavy atom. The van der Waals surface area contributed by atoms with E-state index in [-0.39, 0.29) is 0 Å². The van der Waals surface area contributed by atoms with Crippen LogP contribution in [0.3, 0.4) is 0 Å². The van der Waals surface area contributed by atoms with Crippen LogP contribution in [0.25, 0.3) is 0 Å². The number of nitrogens with one attached hydrogen (secondary N) is 2. The van der Waals surface area contributed by atoms with Crippen LogP contribution in [0.5, 0.6) is 0 Å². The number of guanidine groups is 1. The van der Waals surface area contributed by atoms with Crippen LogP contribution in [0, 0.1) is 5.41 Å². The Hall–Kier alpha value is -1.23. The maximum atomic E-state index is 6.60. The molecule has 0 atom stereocenters. The molecule has 0 aromatic heterocycles. The molecule has 0 spiro atoms. The summed E-state index contributed by atoms with van der Waals surface area (Å²) in [5, 5.41) is 9.36. The maximum Gasteiger partial charge on any atom is 0.223 e. The van der Waals surface area contributed by atoms with E-state index in [0.29, 0.717) is 19.0 Å². The number of aliphatic imine (C=N–C) groups is 2. The lowest BCUT2D eigenvalue weighted by Crippen LogP contribution is -2.27. The molecule has 0 aromatic carbocycles. The normalized spacial score (nSPS) is 10.7. The molecule has 5 nitrogen and oxygen atoms in total. The Labute approximate surface area is 59.6 Å². The van der Waals surface area contributed by atoms with Crippen molar-refractivity contribution >= 4 is 19.0 Å². The van der Waals surface area contributed by atoms with E-state index in [0.717, 1.165) is 6.34 Å². The highest BCUT2D eigenvalue weighted by Gasteiger charge is 1.87. The summed E-state index contributed by atoms with van der Waals surface area (Å²) in [6.07, 6.45) is 0.896. The van der Waals surface area contributed by atoms with Crippen molar-refractivity contribution in [3.05, 3.63) is 0 Å². The maximum absolute atomic E-state index is 6.60. The summed E-state index contributed by atoms with van der Waals surface area (Å²) < 4.78 is 0. The van der Waals surface area contributed by atoms with E-state index >= 15 is 0 Å². The van der Waals surface area contributed by atoms with Crippen molar-refractivity contribution in [2.75, 3.05) is 13.1 Å². The van der Waals surface area contributed by atoms with Gasteiger partial charge >= 0.3 is 0 Å². The zero-order chi connectivity index (χ0) is 7.82. The molecule has 0 bridgehead atoms. The molecule has 0 saturated carbocycles. The quantitative estimate of drug-likeness (QED) is 0.355. The molecule has 0 rings (SSSR count). The van der Waals surface area contributed by atoms with Crippen LogP contribution in [-0.2, 0) is 0 Å². The molecule has 0 amide bonds. The van der Waals surface area contributed by atoms with E-state index in [1.54, 1.807) is 0 Å². The second kappa shape index (κ2) is 5.90. The van der Waals surface area contributed by atoms with Gasteiger partial charge in [-0.3, -0.25) is 5.41 Å². The fraction of sp³-hybridized carbons (Fsp3) is 0.400. The Balaban J connectivity index is 3.70. The molecular weight excluding hydrogens is 130 g/mol. The van der Waals surface area contributed by atoms with Gasteiger partial charge in [0.05, 0.1) is 0 Å². The van der Waals surface area contributed by atoms with Gasteiger partial charge in [-0.25, -0.2) is 9.98 Å². The van der Waals surface area contributed by atoms with Crippen LogP contribution in [0.15, 0.2) is 9.98 Å². The van der Waals surface area contributed by atoms with Crippen LogP contribution in [0.2, 0.25) is 0 Å². The number of nitrogens with zero attached hydrogens (tertiary/aromatic N) is 2. The van der Waals surface area contributed by atoms with Crippen molar-refractivity contribution < 1.29 is 0 Å². The van der Waals surface area contributed by atoms with Crippen LogP contribution in [0.4, 0.5) is 0 Å². The number of hydrogen-bond acceptors (Lipinski definition) is 2. The van der Waals surface area contributed by atoms with Gasteiger partial charge in [0.25, 0.3) is 0 Å². The van der Waals surface area contributed by atoms with Crippen molar-refractivity contribution in [1.29, 1.82) is 5.41 Å². The first-order valence-corrected chi connectivity index (χ1v) is 2.82. The minimum atomic E-state index is 0.334. The summed E-state index contributed by atoms with van der Waals surface area (Å²) in [4.78, 5) is 7.04. The molecule has 10 heavy (non-hydrogen) atoms. The standard InChI is InChI=1S/C5H11N5/c1-8-5(10-4-7)9-3-2-6/h4H,1-3,6H2,(H2,7,9,10). The van der Waals surface area contributed by atoms with Gasteiger partial charge in [-0.2, -0.15) is 0 Å². The van der Waals surface area contributed by atoms with Gasteiger partial charge < -0.3 is 11.1 Å². The molecule has 0 saturated heterocycles. The summed E-state index contributed by atoms with van der Waals surface area (Å²) in [6.45, 7) is 4.34. The minimum Gasteiger partial charge on any atom is -0.353 e. The molecule has 0 fully saturated rings. The molecule has 5 heteroatoms. The third-order valence-electron chi connectivity index (χ3n) is 0.764. The van der Waals surface area contributed by atoms with E-state index < -0.39 is 0 Å².